The van der Waals surface area contributed by atoms with Crippen molar-refractivity contribution >= 4 is 6.09 Å². The minimum atomic E-state index is -4.81. The summed E-state index contributed by atoms with van der Waals surface area (Å²) in [5.74, 6) is 4.33. The first-order valence-corrected chi connectivity index (χ1v) is 6.96. The number of amides is 1. The molecule has 9 heteroatoms. The third kappa shape index (κ3) is 5.39. The SMILES string of the molecule is O=C(NCC#Cc1c(C(F)(F)F)nc[nH]c1=O)OCc1ccccc1. The number of carbonyl (C=O) groups is 1. The fourth-order valence-electron chi connectivity index (χ4n) is 1.75. The lowest BCUT2D eigenvalue weighted by Crippen LogP contribution is -2.24. The minimum Gasteiger partial charge on any atom is -0.445 e. The zero-order valence-corrected chi connectivity index (χ0v) is 12.7. The van der Waals surface area contributed by atoms with E-state index >= 15 is 0 Å². The van der Waals surface area contributed by atoms with Crippen molar-refractivity contribution in [1.29, 1.82) is 0 Å². The van der Waals surface area contributed by atoms with Crippen LogP contribution in [0.15, 0.2) is 41.5 Å². The molecule has 1 aromatic heterocycles. The Morgan fingerprint density at radius 1 is 1.28 bits per heavy atom. The van der Waals surface area contributed by atoms with Crippen molar-refractivity contribution in [2.24, 2.45) is 0 Å². The summed E-state index contributed by atoms with van der Waals surface area (Å²) < 4.78 is 43.2. The number of hydrogen-bond acceptors (Lipinski definition) is 4. The highest BCUT2D eigenvalue weighted by Crippen LogP contribution is 2.28. The molecule has 0 radical (unpaired) electrons. The summed E-state index contributed by atoms with van der Waals surface area (Å²) in [5, 5.41) is 2.25. The average molecular weight is 351 g/mol. The molecule has 1 heterocycles. The molecule has 0 spiro atoms. The van der Waals surface area contributed by atoms with Gasteiger partial charge in [-0.05, 0) is 5.56 Å². The van der Waals surface area contributed by atoms with E-state index < -0.39 is 29.1 Å². The van der Waals surface area contributed by atoms with Crippen LogP contribution in [0.25, 0.3) is 0 Å². The zero-order valence-electron chi connectivity index (χ0n) is 12.7. The van der Waals surface area contributed by atoms with E-state index in [0.717, 1.165) is 5.56 Å². The van der Waals surface area contributed by atoms with Gasteiger partial charge in [0.1, 0.15) is 12.2 Å². The summed E-state index contributed by atoms with van der Waals surface area (Å²) in [6, 6.07) is 8.91. The van der Waals surface area contributed by atoms with Crippen LogP contribution in [0.4, 0.5) is 18.0 Å². The van der Waals surface area contributed by atoms with Gasteiger partial charge in [-0.1, -0.05) is 42.2 Å². The molecule has 130 valence electrons. The van der Waals surface area contributed by atoms with Crippen LogP contribution < -0.4 is 10.9 Å². The Labute approximate surface area is 140 Å². The standard InChI is InChI=1S/C16H12F3N3O3/c17-16(18,19)13-12(14(23)22-10-21-13)7-4-8-20-15(24)25-9-11-5-2-1-3-6-11/h1-3,5-6,10H,8-9H2,(H,20,24)(H,21,22,23). The van der Waals surface area contributed by atoms with E-state index in [1.807, 2.05) is 11.1 Å². The van der Waals surface area contributed by atoms with Crippen LogP contribution in [0.2, 0.25) is 0 Å². The second-order valence-corrected chi connectivity index (χ2v) is 4.67. The number of alkyl carbamates (subject to hydrolysis) is 1. The van der Waals surface area contributed by atoms with Gasteiger partial charge in [0.25, 0.3) is 5.56 Å². The Bertz CT molecular complexity index is 852. The first-order chi connectivity index (χ1) is 11.9. The largest absolute Gasteiger partial charge is 0.445 e. The highest BCUT2D eigenvalue weighted by molar-refractivity contribution is 5.67. The predicted molar refractivity (Wildman–Crippen MR) is 81.4 cm³/mol. The molecule has 1 aromatic carbocycles. The van der Waals surface area contributed by atoms with Gasteiger partial charge in [-0.25, -0.2) is 9.78 Å². The number of benzene rings is 1. The van der Waals surface area contributed by atoms with Crippen molar-refractivity contribution in [3.8, 4) is 11.8 Å². The quantitative estimate of drug-likeness (QED) is 0.829. The number of halogens is 3. The first kappa shape index (κ1) is 18.1. The average Bonchev–Trinajstić information content (AvgIpc) is 2.58. The maximum Gasteiger partial charge on any atom is 0.434 e. The molecule has 0 aliphatic heterocycles. The number of alkyl halides is 3. The van der Waals surface area contributed by atoms with E-state index in [0.29, 0.717) is 6.33 Å². The van der Waals surface area contributed by atoms with Crippen molar-refractivity contribution in [3.05, 3.63) is 63.8 Å². The van der Waals surface area contributed by atoms with E-state index in [4.69, 9.17) is 4.74 Å². The van der Waals surface area contributed by atoms with Crippen LogP contribution in [0.3, 0.4) is 0 Å². The molecule has 0 saturated heterocycles. The van der Waals surface area contributed by atoms with Crippen LogP contribution in [0, 0.1) is 11.8 Å². The maximum absolute atomic E-state index is 12.8. The third-order valence-electron chi connectivity index (χ3n) is 2.87. The van der Waals surface area contributed by atoms with E-state index in [1.54, 1.807) is 24.3 Å². The lowest BCUT2D eigenvalue weighted by molar-refractivity contribution is -0.141. The monoisotopic (exact) mass is 351 g/mol. The molecule has 2 aromatic rings. The van der Waals surface area contributed by atoms with Gasteiger partial charge in [-0.15, -0.1) is 0 Å². The number of nitrogens with one attached hydrogen (secondary N) is 2. The number of hydrogen-bond donors (Lipinski definition) is 2. The van der Waals surface area contributed by atoms with Crippen LogP contribution >= 0.6 is 0 Å². The topological polar surface area (TPSA) is 84.1 Å². The first-order valence-electron chi connectivity index (χ1n) is 6.96. The van der Waals surface area contributed by atoms with Gasteiger partial charge in [0.2, 0.25) is 0 Å². The lowest BCUT2D eigenvalue weighted by Gasteiger charge is -2.06. The Morgan fingerprint density at radius 3 is 2.68 bits per heavy atom. The van der Waals surface area contributed by atoms with E-state index in [9.17, 15) is 22.8 Å². The van der Waals surface area contributed by atoms with Gasteiger partial charge in [-0.3, -0.25) is 4.79 Å². The van der Waals surface area contributed by atoms with Crippen molar-refractivity contribution in [2.75, 3.05) is 6.54 Å². The normalized spacial score (nSPS) is 10.5. The van der Waals surface area contributed by atoms with Gasteiger partial charge in [-0.2, -0.15) is 13.2 Å². The van der Waals surface area contributed by atoms with Gasteiger partial charge in [0, 0.05) is 0 Å². The smallest absolute Gasteiger partial charge is 0.434 e. The highest BCUT2D eigenvalue weighted by atomic mass is 19.4. The lowest BCUT2D eigenvalue weighted by atomic mass is 10.2. The summed E-state index contributed by atoms with van der Waals surface area (Å²) in [4.78, 5) is 28.0. The fraction of sp³-hybridized carbons (Fsp3) is 0.188. The highest BCUT2D eigenvalue weighted by Gasteiger charge is 2.36. The van der Waals surface area contributed by atoms with Gasteiger partial charge < -0.3 is 15.0 Å². The fourth-order valence-corrected chi connectivity index (χ4v) is 1.75. The maximum atomic E-state index is 12.8. The molecule has 0 aliphatic rings. The molecule has 25 heavy (non-hydrogen) atoms. The molecule has 0 atom stereocenters. The summed E-state index contributed by atoms with van der Waals surface area (Å²) >= 11 is 0. The summed E-state index contributed by atoms with van der Waals surface area (Å²) in [5.41, 5.74) is -2.42. The molecule has 0 aliphatic carbocycles. The Kier molecular flexibility index (Phi) is 5.79. The van der Waals surface area contributed by atoms with E-state index in [1.165, 1.54) is 0 Å². The molecule has 0 unspecified atom stereocenters. The van der Waals surface area contributed by atoms with E-state index in [-0.39, 0.29) is 13.2 Å². The van der Waals surface area contributed by atoms with Crippen molar-refractivity contribution in [3.63, 3.8) is 0 Å². The molecule has 0 bridgehead atoms. The van der Waals surface area contributed by atoms with Crippen LogP contribution in [0.1, 0.15) is 16.8 Å². The second-order valence-electron chi connectivity index (χ2n) is 4.67. The molecule has 0 saturated carbocycles. The van der Waals surface area contributed by atoms with Crippen LogP contribution in [-0.2, 0) is 17.5 Å². The number of rotatable bonds is 3. The molecule has 2 N–H and O–H groups in total. The molecule has 0 fully saturated rings. The van der Waals surface area contributed by atoms with Gasteiger partial charge >= 0.3 is 12.3 Å². The Morgan fingerprint density at radius 2 is 2.00 bits per heavy atom. The van der Waals surface area contributed by atoms with E-state index in [2.05, 4.69) is 22.1 Å². The number of H-pyrrole nitrogens is 1. The summed E-state index contributed by atoms with van der Waals surface area (Å²) in [6.07, 6.45) is -4.94. The minimum absolute atomic E-state index is 0.0423. The zero-order chi connectivity index (χ0) is 18.3. The van der Waals surface area contributed by atoms with Gasteiger partial charge in [0.05, 0.1) is 12.9 Å². The van der Waals surface area contributed by atoms with Crippen molar-refractivity contribution < 1.29 is 22.7 Å². The number of ether oxygens (including phenoxy) is 1. The number of aromatic amines is 1. The van der Waals surface area contributed by atoms with Crippen molar-refractivity contribution in [2.45, 2.75) is 12.8 Å². The van der Waals surface area contributed by atoms with Crippen molar-refractivity contribution in [1.82, 2.24) is 15.3 Å². The molecule has 1 amide bonds. The predicted octanol–water partition coefficient (Wildman–Crippen LogP) is 2.07. The van der Waals surface area contributed by atoms with Crippen LogP contribution in [-0.4, -0.2) is 22.6 Å². The molecule has 6 nitrogen and oxygen atoms in total. The molecular weight excluding hydrogens is 339 g/mol. The summed E-state index contributed by atoms with van der Waals surface area (Å²) in [7, 11) is 0. The number of aromatic nitrogens is 2. The molecular formula is C16H12F3N3O3. The number of nitrogens with zero attached hydrogens (tertiary/aromatic N) is 1. The van der Waals surface area contributed by atoms with Gasteiger partial charge in [0.15, 0.2) is 5.69 Å². The third-order valence-corrected chi connectivity index (χ3v) is 2.87. The second kappa shape index (κ2) is 8.01. The summed E-state index contributed by atoms with van der Waals surface area (Å²) in [6.45, 7) is -0.250. The molecule has 2 rings (SSSR count). The Balaban J connectivity index is 1.93. The number of carbonyl (C=O) groups excluding carboxylic acids is 1. The van der Waals surface area contributed by atoms with Crippen LogP contribution in [0.5, 0.6) is 0 Å². The Hall–Kier alpha value is -3.28.